The van der Waals surface area contributed by atoms with Crippen molar-refractivity contribution in [3.05, 3.63) is 88.5 Å². The van der Waals surface area contributed by atoms with E-state index in [0.29, 0.717) is 17.5 Å². The summed E-state index contributed by atoms with van der Waals surface area (Å²) in [6, 6.07) is 8.98. The fraction of sp³-hybridized carbons (Fsp3) is 0.192. The summed E-state index contributed by atoms with van der Waals surface area (Å²) in [4.78, 5) is 27.6. The van der Waals surface area contributed by atoms with Crippen LogP contribution in [0.2, 0.25) is 0 Å². The van der Waals surface area contributed by atoms with Crippen LogP contribution in [-0.4, -0.2) is 28.0 Å². The summed E-state index contributed by atoms with van der Waals surface area (Å²) in [6.07, 6.45) is 0.375. The first kappa shape index (κ1) is 25.5. The molecule has 0 aliphatic heterocycles. The molecule has 3 rings (SSSR count). The Balaban J connectivity index is 2.20. The molecule has 0 aliphatic rings. The van der Waals surface area contributed by atoms with Crippen LogP contribution >= 0.6 is 0 Å². The van der Waals surface area contributed by atoms with E-state index in [1.165, 1.54) is 26.0 Å². The summed E-state index contributed by atoms with van der Waals surface area (Å²) in [5.41, 5.74) is 5.14. The number of carbonyl (C=O) groups is 2. The summed E-state index contributed by atoms with van der Waals surface area (Å²) in [7, 11) is 0. The van der Waals surface area contributed by atoms with Gasteiger partial charge in [0.2, 0.25) is 6.41 Å². The Morgan fingerprint density at radius 2 is 1.83 bits per heavy atom. The second-order valence-corrected chi connectivity index (χ2v) is 8.32. The van der Waals surface area contributed by atoms with Crippen molar-refractivity contribution in [2.24, 2.45) is 5.73 Å². The summed E-state index contributed by atoms with van der Waals surface area (Å²) < 4.78 is 41.6. The number of aromatic nitrogens is 1. The number of nitrogens with two attached hydrogens (primary N) is 1. The molecule has 1 unspecified atom stereocenters. The first-order valence-corrected chi connectivity index (χ1v) is 10.5. The molecule has 0 aliphatic carbocycles. The third kappa shape index (κ3) is 6.68. The lowest BCUT2D eigenvalue weighted by molar-refractivity contribution is -0.110. The molecule has 1 aromatic heterocycles. The lowest BCUT2D eigenvalue weighted by atomic mass is 9.94. The average molecular weight is 481 g/mol. The van der Waals surface area contributed by atoms with Crippen LogP contribution < -0.4 is 11.1 Å². The smallest absolute Gasteiger partial charge is 0.251 e. The second-order valence-electron chi connectivity index (χ2n) is 8.32. The van der Waals surface area contributed by atoms with E-state index in [1.807, 2.05) is 0 Å². The van der Waals surface area contributed by atoms with E-state index in [2.05, 4.69) is 22.1 Å². The van der Waals surface area contributed by atoms with Crippen LogP contribution in [0.4, 0.5) is 13.2 Å². The Bertz CT molecular complexity index is 1320. The van der Waals surface area contributed by atoms with Crippen LogP contribution in [-0.2, 0) is 11.2 Å². The van der Waals surface area contributed by atoms with Gasteiger partial charge in [0.1, 0.15) is 28.7 Å². The lowest BCUT2D eigenvalue weighted by Crippen LogP contribution is -2.24. The zero-order chi connectivity index (χ0) is 25.8. The first-order chi connectivity index (χ1) is 16.5. The molecular weight excluding hydrogens is 459 g/mol. The van der Waals surface area contributed by atoms with Gasteiger partial charge in [-0.15, -0.1) is 0 Å². The average Bonchev–Trinajstić information content (AvgIpc) is 2.76. The molecule has 6 nitrogen and oxygen atoms in total. The third-order valence-corrected chi connectivity index (χ3v) is 4.93. The number of benzene rings is 2. The van der Waals surface area contributed by atoms with Crippen molar-refractivity contribution >= 4 is 12.3 Å². The van der Waals surface area contributed by atoms with Crippen molar-refractivity contribution in [1.29, 1.82) is 0 Å². The Labute approximate surface area is 200 Å². The van der Waals surface area contributed by atoms with Crippen LogP contribution in [0.3, 0.4) is 0 Å². The topological polar surface area (TPSA) is 105 Å². The molecule has 1 heterocycles. The Morgan fingerprint density at radius 1 is 1.14 bits per heavy atom. The zero-order valence-corrected chi connectivity index (χ0v) is 18.9. The van der Waals surface area contributed by atoms with E-state index in [4.69, 9.17) is 5.73 Å². The second kappa shape index (κ2) is 10.4. The van der Waals surface area contributed by atoms with Crippen LogP contribution in [0.15, 0.2) is 48.5 Å². The van der Waals surface area contributed by atoms with Gasteiger partial charge in [0.25, 0.3) is 5.91 Å². The highest BCUT2D eigenvalue weighted by Gasteiger charge is 2.21. The minimum Gasteiger partial charge on any atom is -0.378 e. The number of nitrogens with one attached hydrogen (secondary N) is 1. The molecule has 4 N–H and O–H groups in total. The highest BCUT2D eigenvalue weighted by Crippen LogP contribution is 2.31. The van der Waals surface area contributed by atoms with Crippen LogP contribution in [0, 0.1) is 29.3 Å². The minimum absolute atomic E-state index is 0.0420. The Hall–Kier alpha value is -4.16. The first-order valence-electron chi connectivity index (χ1n) is 10.5. The normalized spacial score (nSPS) is 11.8. The van der Waals surface area contributed by atoms with Gasteiger partial charge < -0.3 is 16.2 Å². The van der Waals surface area contributed by atoms with E-state index in [1.54, 1.807) is 12.1 Å². The molecule has 0 spiro atoms. The predicted molar refractivity (Wildman–Crippen MR) is 123 cm³/mol. The van der Waals surface area contributed by atoms with Gasteiger partial charge in [-0.2, -0.15) is 0 Å². The molecule has 2 amide bonds. The number of amides is 2. The van der Waals surface area contributed by atoms with E-state index in [-0.39, 0.29) is 28.9 Å². The number of rotatable bonds is 7. The largest absolute Gasteiger partial charge is 0.378 e. The highest BCUT2D eigenvalue weighted by atomic mass is 19.1. The standard InChI is InChI=1S/C26H22F3N3O3/c1-26(2,35)8-7-19-4-5-20(16-3-6-22(29)21(12-16)25(30)34)24(32-19)23(31-14-33)11-15-9-17(27)13-18(28)10-15/h3-6,9-10,12-14,23,35H,11H2,1-2H3,(H2,30,34)(H,31,33). The van der Waals surface area contributed by atoms with Crippen molar-refractivity contribution in [2.75, 3.05) is 0 Å². The summed E-state index contributed by atoms with van der Waals surface area (Å²) >= 11 is 0. The van der Waals surface area contributed by atoms with E-state index in [0.717, 1.165) is 24.3 Å². The van der Waals surface area contributed by atoms with E-state index in [9.17, 15) is 27.9 Å². The van der Waals surface area contributed by atoms with Gasteiger partial charge in [-0.3, -0.25) is 9.59 Å². The Kier molecular flexibility index (Phi) is 7.57. The lowest BCUT2D eigenvalue weighted by Gasteiger charge is -2.20. The van der Waals surface area contributed by atoms with Gasteiger partial charge in [-0.1, -0.05) is 12.0 Å². The molecule has 0 saturated heterocycles. The SMILES string of the molecule is CC(C)(O)C#Cc1ccc(-c2ccc(F)c(C(N)=O)c2)c(C(Cc2cc(F)cc(F)c2)NC=O)n1. The van der Waals surface area contributed by atoms with Gasteiger partial charge in [-0.05, 0) is 73.7 Å². The summed E-state index contributed by atoms with van der Waals surface area (Å²) in [6.45, 7) is 2.99. The molecule has 2 aromatic carbocycles. The molecule has 9 heteroatoms. The molecule has 35 heavy (non-hydrogen) atoms. The van der Waals surface area contributed by atoms with Crippen molar-refractivity contribution in [3.8, 4) is 23.0 Å². The van der Waals surface area contributed by atoms with Gasteiger partial charge in [0.05, 0.1) is 17.3 Å². The fourth-order valence-electron chi connectivity index (χ4n) is 3.43. The molecule has 3 aromatic rings. The van der Waals surface area contributed by atoms with E-state index >= 15 is 0 Å². The summed E-state index contributed by atoms with van der Waals surface area (Å²) in [5, 5.41) is 12.5. The molecule has 180 valence electrons. The molecule has 1 atom stereocenters. The molecule has 0 bridgehead atoms. The number of primary amides is 1. The van der Waals surface area contributed by atoms with Crippen LogP contribution in [0.1, 0.15) is 47.2 Å². The number of halogens is 3. The summed E-state index contributed by atoms with van der Waals surface area (Å²) in [5.74, 6) is 2.03. The number of hydrogen-bond acceptors (Lipinski definition) is 4. The monoisotopic (exact) mass is 481 g/mol. The maximum absolute atomic E-state index is 14.1. The van der Waals surface area contributed by atoms with Crippen LogP contribution in [0.25, 0.3) is 11.1 Å². The van der Waals surface area contributed by atoms with Gasteiger partial charge in [-0.25, -0.2) is 18.2 Å². The molecule has 0 saturated carbocycles. The molecular formula is C26H22F3N3O3. The quantitative estimate of drug-likeness (QED) is 0.355. The number of aliphatic hydroxyl groups is 1. The van der Waals surface area contributed by atoms with E-state index < -0.39 is 35.0 Å². The number of hydrogen-bond donors (Lipinski definition) is 3. The maximum atomic E-state index is 14.1. The highest BCUT2D eigenvalue weighted by molar-refractivity contribution is 5.94. The van der Waals surface area contributed by atoms with Crippen molar-refractivity contribution in [2.45, 2.75) is 31.9 Å². The van der Waals surface area contributed by atoms with Crippen molar-refractivity contribution in [3.63, 3.8) is 0 Å². The zero-order valence-electron chi connectivity index (χ0n) is 18.9. The Morgan fingerprint density at radius 3 is 2.43 bits per heavy atom. The minimum atomic E-state index is -1.30. The fourth-order valence-corrected chi connectivity index (χ4v) is 3.43. The van der Waals surface area contributed by atoms with Crippen molar-refractivity contribution in [1.82, 2.24) is 10.3 Å². The van der Waals surface area contributed by atoms with Gasteiger partial charge in [0, 0.05) is 11.6 Å². The molecule has 0 radical (unpaired) electrons. The number of carbonyl (C=O) groups excluding carboxylic acids is 2. The van der Waals surface area contributed by atoms with Crippen LogP contribution in [0.5, 0.6) is 0 Å². The third-order valence-electron chi connectivity index (χ3n) is 4.93. The number of nitrogens with zero attached hydrogens (tertiary/aromatic N) is 1. The van der Waals surface area contributed by atoms with Gasteiger partial charge >= 0.3 is 0 Å². The van der Waals surface area contributed by atoms with Gasteiger partial charge in [0.15, 0.2) is 0 Å². The van der Waals surface area contributed by atoms with Crippen molar-refractivity contribution < 1.29 is 27.9 Å². The number of pyridine rings is 1. The molecule has 0 fully saturated rings. The predicted octanol–water partition coefficient (Wildman–Crippen LogP) is 3.42. The maximum Gasteiger partial charge on any atom is 0.251 e.